The molecule has 6 nitrogen and oxygen atoms in total. The third-order valence-corrected chi connectivity index (χ3v) is 3.58. The number of rotatable bonds is 8. The van der Waals surface area contributed by atoms with E-state index in [0.29, 0.717) is 25.3 Å². The molecule has 0 fully saturated rings. The Bertz CT molecular complexity index is 667. The lowest BCUT2D eigenvalue weighted by atomic mass is 10.1. The van der Waals surface area contributed by atoms with Crippen LogP contribution in [0.25, 0.3) is 0 Å². The van der Waals surface area contributed by atoms with Crippen LogP contribution in [-0.4, -0.2) is 32.0 Å². The van der Waals surface area contributed by atoms with Crippen LogP contribution in [0.4, 0.5) is 0 Å². The maximum Gasteiger partial charge on any atom is 0.287 e. The molecule has 0 saturated carbocycles. The molecule has 0 aliphatic carbocycles. The van der Waals surface area contributed by atoms with Crippen molar-refractivity contribution in [3.63, 3.8) is 0 Å². The monoisotopic (exact) mass is 330 g/mol. The van der Waals surface area contributed by atoms with Gasteiger partial charge in [-0.3, -0.25) is 9.59 Å². The normalized spacial score (nSPS) is 11.8. The van der Waals surface area contributed by atoms with E-state index in [-0.39, 0.29) is 11.8 Å². The van der Waals surface area contributed by atoms with Crippen LogP contribution in [0, 0.1) is 6.92 Å². The Hall–Kier alpha value is -2.60. The Kier molecular flexibility index (Phi) is 6.57. The largest absolute Gasteiger partial charge is 0.459 e. The van der Waals surface area contributed by atoms with Crippen molar-refractivity contribution >= 4 is 11.8 Å². The summed E-state index contributed by atoms with van der Waals surface area (Å²) >= 11 is 0. The maximum atomic E-state index is 12.2. The van der Waals surface area contributed by atoms with Crippen LogP contribution in [0.5, 0.6) is 0 Å². The second-order valence-corrected chi connectivity index (χ2v) is 5.36. The number of hydrogen-bond donors (Lipinski definition) is 2. The van der Waals surface area contributed by atoms with Gasteiger partial charge in [0, 0.05) is 25.8 Å². The molecule has 0 bridgehead atoms. The van der Waals surface area contributed by atoms with E-state index in [0.717, 1.165) is 11.1 Å². The molecule has 0 radical (unpaired) electrons. The van der Waals surface area contributed by atoms with Crippen molar-refractivity contribution in [2.24, 2.45) is 0 Å². The highest BCUT2D eigenvalue weighted by Gasteiger charge is 2.19. The number of hydrogen-bond acceptors (Lipinski definition) is 4. The highest BCUT2D eigenvalue weighted by molar-refractivity contribution is 5.92. The van der Waals surface area contributed by atoms with Crippen molar-refractivity contribution in [1.82, 2.24) is 10.6 Å². The van der Waals surface area contributed by atoms with Crippen LogP contribution < -0.4 is 10.6 Å². The molecule has 128 valence electrons. The lowest BCUT2D eigenvalue weighted by Gasteiger charge is -2.15. The lowest BCUT2D eigenvalue weighted by molar-refractivity contribution is -0.131. The van der Waals surface area contributed by atoms with Crippen molar-refractivity contribution < 1.29 is 18.7 Å². The van der Waals surface area contributed by atoms with Gasteiger partial charge in [-0.1, -0.05) is 30.3 Å². The van der Waals surface area contributed by atoms with Gasteiger partial charge in [0.25, 0.3) is 11.8 Å². The zero-order valence-corrected chi connectivity index (χ0v) is 13.9. The molecule has 0 saturated heterocycles. The van der Waals surface area contributed by atoms with Gasteiger partial charge in [0.2, 0.25) is 0 Å². The van der Waals surface area contributed by atoms with E-state index >= 15 is 0 Å². The minimum atomic E-state index is -0.633. The van der Waals surface area contributed by atoms with Crippen LogP contribution in [0.3, 0.4) is 0 Å². The molecular formula is C18H22N2O4. The average Bonchev–Trinajstić information content (AvgIpc) is 3.02. The molecule has 1 heterocycles. The fourth-order valence-electron chi connectivity index (χ4n) is 2.30. The van der Waals surface area contributed by atoms with Gasteiger partial charge >= 0.3 is 0 Å². The van der Waals surface area contributed by atoms with Crippen LogP contribution >= 0.6 is 0 Å². The molecule has 1 atom stereocenters. The number of benzene rings is 1. The summed E-state index contributed by atoms with van der Waals surface area (Å²) in [4.78, 5) is 24.0. The fourth-order valence-corrected chi connectivity index (χ4v) is 2.30. The zero-order chi connectivity index (χ0) is 17.4. The van der Waals surface area contributed by atoms with Crippen molar-refractivity contribution in [2.75, 3.05) is 20.2 Å². The van der Waals surface area contributed by atoms with Crippen LogP contribution in [0.2, 0.25) is 0 Å². The SMILES string of the molecule is CO[C@@H](C(=O)NCCCNC(=O)c1occc1C)c1ccccc1. The summed E-state index contributed by atoms with van der Waals surface area (Å²) in [5.74, 6) is -0.123. The van der Waals surface area contributed by atoms with Crippen LogP contribution in [0.1, 0.15) is 34.2 Å². The van der Waals surface area contributed by atoms with Gasteiger partial charge in [-0.05, 0) is 25.0 Å². The van der Waals surface area contributed by atoms with Gasteiger partial charge in [0.1, 0.15) is 0 Å². The van der Waals surface area contributed by atoms with Gasteiger partial charge in [-0.2, -0.15) is 0 Å². The molecule has 2 amide bonds. The molecule has 0 aliphatic heterocycles. The average molecular weight is 330 g/mol. The summed E-state index contributed by atoms with van der Waals surface area (Å²) in [7, 11) is 1.50. The Labute approximate surface area is 141 Å². The number of amides is 2. The van der Waals surface area contributed by atoms with E-state index < -0.39 is 6.10 Å². The first-order valence-corrected chi connectivity index (χ1v) is 7.81. The van der Waals surface area contributed by atoms with Crippen LogP contribution in [0.15, 0.2) is 47.1 Å². The summed E-state index contributed by atoms with van der Waals surface area (Å²) in [6.45, 7) is 2.71. The van der Waals surface area contributed by atoms with E-state index in [4.69, 9.17) is 9.15 Å². The third kappa shape index (κ3) is 4.70. The second-order valence-electron chi connectivity index (χ2n) is 5.36. The molecule has 0 aliphatic rings. The molecule has 0 spiro atoms. The molecule has 2 N–H and O–H groups in total. The number of carbonyl (C=O) groups is 2. The number of aryl methyl sites for hydroxylation is 1. The molecule has 2 aromatic rings. The minimum Gasteiger partial charge on any atom is -0.459 e. The minimum absolute atomic E-state index is 0.197. The zero-order valence-electron chi connectivity index (χ0n) is 13.9. The topological polar surface area (TPSA) is 80.6 Å². The van der Waals surface area contributed by atoms with Gasteiger partial charge in [-0.25, -0.2) is 0 Å². The van der Waals surface area contributed by atoms with E-state index in [9.17, 15) is 9.59 Å². The highest BCUT2D eigenvalue weighted by Crippen LogP contribution is 2.15. The van der Waals surface area contributed by atoms with Crippen molar-refractivity contribution in [1.29, 1.82) is 0 Å². The molecule has 6 heteroatoms. The summed E-state index contributed by atoms with van der Waals surface area (Å²) < 4.78 is 10.4. The quantitative estimate of drug-likeness (QED) is 0.727. The number of nitrogens with one attached hydrogen (secondary N) is 2. The predicted octanol–water partition coefficient (Wildman–Crippen LogP) is 2.21. The molecule has 2 rings (SSSR count). The first-order valence-electron chi connectivity index (χ1n) is 7.81. The predicted molar refractivity (Wildman–Crippen MR) is 89.6 cm³/mol. The highest BCUT2D eigenvalue weighted by atomic mass is 16.5. The Balaban J connectivity index is 1.71. The van der Waals surface area contributed by atoms with Crippen molar-refractivity contribution in [2.45, 2.75) is 19.4 Å². The van der Waals surface area contributed by atoms with E-state index in [1.807, 2.05) is 37.3 Å². The first-order chi connectivity index (χ1) is 11.6. The van der Waals surface area contributed by atoms with E-state index in [1.54, 1.807) is 6.07 Å². The molecule has 1 aromatic heterocycles. The van der Waals surface area contributed by atoms with Gasteiger partial charge in [-0.15, -0.1) is 0 Å². The van der Waals surface area contributed by atoms with E-state index in [2.05, 4.69) is 10.6 Å². The van der Waals surface area contributed by atoms with Crippen molar-refractivity contribution in [3.8, 4) is 0 Å². The summed E-state index contributed by atoms with van der Waals surface area (Å²) in [5, 5.41) is 5.57. The lowest BCUT2D eigenvalue weighted by Crippen LogP contribution is -2.33. The number of methoxy groups -OCH3 is 1. The number of furan rings is 1. The van der Waals surface area contributed by atoms with Gasteiger partial charge in [0.15, 0.2) is 11.9 Å². The smallest absolute Gasteiger partial charge is 0.287 e. The Morgan fingerprint density at radius 3 is 2.46 bits per heavy atom. The van der Waals surface area contributed by atoms with Gasteiger partial charge in [0.05, 0.1) is 6.26 Å². The maximum absolute atomic E-state index is 12.2. The molecule has 24 heavy (non-hydrogen) atoms. The summed E-state index contributed by atoms with van der Waals surface area (Å²) in [5.41, 5.74) is 1.60. The third-order valence-electron chi connectivity index (χ3n) is 3.58. The number of carbonyl (C=O) groups excluding carboxylic acids is 2. The van der Waals surface area contributed by atoms with Gasteiger partial charge < -0.3 is 19.8 Å². The second kappa shape index (κ2) is 8.88. The molecule has 0 unspecified atom stereocenters. The van der Waals surface area contributed by atoms with E-state index in [1.165, 1.54) is 13.4 Å². The Morgan fingerprint density at radius 1 is 1.12 bits per heavy atom. The molecular weight excluding hydrogens is 308 g/mol. The molecule has 1 aromatic carbocycles. The van der Waals surface area contributed by atoms with Crippen LogP contribution in [-0.2, 0) is 9.53 Å². The fraction of sp³-hybridized carbons (Fsp3) is 0.333. The summed E-state index contributed by atoms with van der Waals surface area (Å²) in [6, 6.07) is 11.0. The number of ether oxygens (including phenoxy) is 1. The van der Waals surface area contributed by atoms with Crippen molar-refractivity contribution in [3.05, 3.63) is 59.5 Å². The Morgan fingerprint density at radius 2 is 1.83 bits per heavy atom. The standard InChI is InChI=1S/C18H22N2O4/c1-13-9-12-24-15(13)17(21)19-10-6-11-20-18(22)16(23-2)14-7-4-3-5-8-14/h3-5,7-9,12,16H,6,10-11H2,1-2H3,(H,19,21)(H,20,22)/t16-/m1/s1. The summed E-state index contributed by atoms with van der Waals surface area (Å²) in [6.07, 6.45) is 1.47. The first kappa shape index (κ1) is 17.7.